The molecule has 23 heavy (non-hydrogen) atoms. The molecular formula is C18H22IN3O. The van der Waals surface area contributed by atoms with Gasteiger partial charge in [-0.25, -0.2) is 0 Å². The first kappa shape index (κ1) is 16.5. The van der Waals surface area contributed by atoms with Crippen LogP contribution >= 0.6 is 22.6 Å². The first-order valence-corrected chi connectivity index (χ1v) is 8.94. The highest BCUT2D eigenvalue weighted by Crippen LogP contribution is 2.48. The molecule has 0 spiro atoms. The lowest BCUT2D eigenvalue weighted by Crippen LogP contribution is -2.16. The van der Waals surface area contributed by atoms with Crippen molar-refractivity contribution in [2.75, 3.05) is 5.32 Å². The van der Waals surface area contributed by atoms with Gasteiger partial charge in [-0.2, -0.15) is 5.10 Å². The number of amides is 1. The largest absolute Gasteiger partial charge is 0.320 e. The SMILES string of the molecule is Cc1c(C(=O)Nc2cccc3c2[C@@H](C)CC3(C)C)nn(C)c1I. The first-order valence-electron chi connectivity index (χ1n) is 7.86. The van der Waals surface area contributed by atoms with E-state index in [1.54, 1.807) is 4.68 Å². The zero-order chi connectivity index (χ0) is 16.9. The Labute approximate surface area is 150 Å². The molecule has 1 N–H and O–H groups in total. The molecular weight excluding hydrogens is 401 g/mol. The summed E-state index contributed by atoms with van der Waals surface area (Å²) in [7, 11) is 1.86. The number of carbonyl (C=O) groups excluding carboxylic acids is 1. The second-order valence-electron chi connectivity index (χ2n) is 7.10. The Morgan fingerprint density at radius 3 is 2.74 bits per heavy atom. The second-order valence-corrected chi connectivity index (χ2v) is 8.12. The van der Waals surface area contributed by atoms with Gasteiger partial charge in [-0.15, -0.1) is 0 Å². The number of hydrogen-bond donors (Lipinski definition) is 1. The van der Waals surface area contributed by atoms with Gasteiger partial charge in [-0.05, 0) is 64.5 Å². The Kier molecular flexibility index (Phi) is 4.02. The van der Waals surface area contributed by atoms with Crippen LogP contribution in [0.1, 0.15) is 60.3 Å². The summed E-state index contributed by atoms with van der Waals surface area (Å²) in [5.74, 6) is 0.313. The van der Waals surface area contributed by atoms with E-state index in [9.17, 15) is 4.79 Å². The number of fused-ring (bicyclic) bond motifs is 1. The van der Waals surface area contributed by atoms with E-state index in [-0.39, 0.29) is 11.3 Å². The zero-order valence-corrected chi connectivity index (χ0v) is 16.4. The van der Waals surface area contributed by atoms with Gasteiger partial charge in [-0.3, -0.25) is 9.48 Å². The van der Waals surface area contributed by atoms with Crippen molar-refractivity contribution in [1.29, 1.82) is 0 Å². The van der Waals surface area contributed by atoms with Crippen molar-refractivity contribution >= 4 is 34.2 Å². The second kappa shape index (κ2) is 5.61. The number of hydrogen-bond acceptors (Lipinski definition) is 2. The molecule has 1 aliphatic carbocycles. The van der Waals surface area contributed by atoms with Crippen LogP contribution in [0.15, 0.2) is 18.2 Å². The third-order valence-electron chi connectivity index (χ3n) is 4.81. The summed E-state index contributed by atoms with van der Waals surface area (Å²) in [6.45, 7) is 8.71. The van der Waals surface area contributed by atoms with Gasteiger partial charge in [-0.1, -0.05) is 32.9 Å². The topological polar surface area (TPSA) is 46.9 Å². The van der Waals surface area contributed by atoms with E-state index in [1.807, 2.05) is 26.1 Å². The maximum absolute atomic E-state index is 12.7. The summed E-state index contributed by atoms with van der Waals surface area (Å²) in [6, 6.07) is 6.21. The molecule has 0 bridgehead atoms. The molecule has 0 saturated heterocycles. The van der Waals surface area contributed by atoms with Crippen molar-refractivity contribution in [2.24, 2.45) is 7.05 Å². The predicted octanol–water partition coefficient (Wildman–Crippen LogP) is 4.37. The molecule has 122 valence electrons. The van der Waals surface area contributed by atoms with E-state index < -0.39 is 0 Å². The molecule has 1 aromatic carbocycles. The smallest absolute Gasteiger partial charge is 0.276 e. The molecule has 4 nitrogen and oxygen atoms in total. The third kappa shape index (κ3) is 2.69. The fraction of sp³-hybridized carbons (Fsp3) is 0.444. The van der Waals surface area contributed by atoms with Crippen LogP contribution in [0.2, 0.25) is 0 Å². The molecule has 1 atom stereocenters. The maximum atomic E-state index is 12.7. The van der Waals surface area contributed by atoms with Crippen LogP contribution < -0.4 is 5.32 Å². The molecule has 0 saturated carbocycles. The van der Waals surface area contributed by atoms with Crippen molar-refractivity contribution in [1.82, 2.24) is 9.78 Å². The lowest BCUT2D eigenvalue weighted by molar-refractivity contribution is 0.102. The molecule has 0 fully saturated rings. The van der Waals surface area contributed by atoms with Crippen LogP contribution in [0.4, 0.5) is 5.69 Å². The maximum Gasteiger partial charge on any atom is 0.276 e. The van der Waals surface area contributed by atoms with Gasteiger partial charge < -0.3 is 5.32 Å². The standard InChI is InChI=1S/C18H22IN3O/c1-10-9-18(3,4)12-7-6-8-13(14(10)12)20-17(23)15-11(2)16(19)22(5)21-15/h6-8,10H,9H2,1-5H3,(H,20,23)/t10-/m0/s1. The van der Waals surface area contributed by atoms with Crippen molar-refractivity contribution in [3.8, 4) is 0 Å². The van der Waals surface area contributed by atoms with Crippen LogP contribution in [0.25, 0.3) is 0 Å². The quantitative estimate of drug-likeness (QED) is 0.730. The minimum absolute atomic E-state index is 0.133. The molecule has 5 heteroatoms. The summed E-state index contributed by atoms with van der Waals surface area (Å²) in [5.41, 5.74) is 5.12. The van der Waals surface area contributed by atoms with Gasteiger partial charge >= 0.3 is 0 Å². The minimum Gasteiger partial charge on any atom is -0.320 e. The van der Waals surface area contributed by atoms with Gasteiger partial charge in [0.25, 0.3) is 5.91 Å². The Morgan fingerprint density at radius 2 is 2.13 bits per heavy atom. The predicted molar refractivity (Wildman–Crippen MR) is 101 cm³/mol. The third-order valence-corrected chi connectivity index (χ3v) is 6.31. The number of nitrogens with one attached hydrogen (secondary N) is 1. The summed E-state index contributed by atoms with van der Waals surface area (Å²) >= 11 is 2.21. The summed E-state index contributed by atoms with van der Waals surface area (Å²) in [4.78, 5) is 12.7. The molecule has 0 aliphatic heterocycles. The summed E-state index contributed by atoms with van der Waals surface area (Å²) in [6.07, 6.45) is 1.11. The number of nitrogens with zero attached hydrogens (tertiary/aromatic N) is 2. The number of aromatic nitrogens is 2. The van der Waals surface area contributed by atoms with Gasteiger partial charge in [0.15, 0.2) is 5.69 Å². The highest BCUT2D eigenvalue weighted by atomic mass is 127. The molecule has 1 amide bonds. The molecule has 0 radical (unpaired) electrons. The molecule has 2 aromatic rings. The Morgan fingerprint density at radius 1 is 1.43 bits per heavy atom. The number of halogens is 1. The Hall–Kier alpha value is -1.37. The highest BCUT2D eigenvalue weighted by Gasteiger charge is 2.36. The molecule has 1 aliphatic rings. The van der Waals surface area contributed by atoms with Crippen molar-refractivity contribution in [3.63, 3.8) is 0 Å². The first-order chi connectivity index (χ1) is 10.7. The Bertz CT molecular complexity index is 792. The molecule has 1 aromatic heterocycles. The van der Waals surface area contributed by atoms with Crippen molar-refractivity contribution in [3.05, 3.63) is 44.3 Å². The number of benzene rings is 1. The minimum atomic E-state index is -0.133. The van der Waals surface area contributed by atoms with Crippen LogP contribution in [-0.4, -0.2) is 15.7 Å². The normalized spacial score (nSPS) is 18.8. The molecule has 0 unspecified atom stereocenters. The van der Waals surface area contributed by atoms with Gasteiger partial charge in [0.05, 0.1) is 0 Å². The lowest BCUT2D eigenvalue weighted by Gasteiger charge is -2.19. The fourth-order valence-corrected chi connectivity index (χ4v) is 4.14. The van der Waals surface area contributed by atoms with E-state index in [1.165, 1.54) is 11.1 Å². The lowest BCUT2D eigenvalue weighted by atomic mass is 9.86. The number of anilines is 1. The number of carbonyl (C=O) groups is 1. The van der Waals surface area contributed by atoms with Crippen LogP contribution in [0.5, 0.6) is 0 Å². The number of aryl methyl sites for hydroxylation is 1. The van der Waals surface area contributed by atoms with E-state index in [4.69, 9.17) is 0 Å². The average molecular weight is 423 g/mol. The van der Waals surface area contributed by atoms with Crippen molar-refractivity contribution < 1.29 is 4.79 Å². The average Bonchev–Trinajstić information content (AvgIpc) is 2.87. The van der Waals surface area contributed by atoms with Crippen LogP contribution in [0, 0.1) is 10.6 Å². The van der Waals surface area contributed by atoms with Crippen LogP contribution in [0.3, 0.4) is 0 Å². The molecule has 3 rings (SSSR count). The molecule has 1 heterocycles. The summed E-state index contributed by atoms with van der Waals surface area (Å²) < 4.78 is 2.73. The monoisotopic (exact) mass is 423 g/mol. The van der Waals surface area contributed by atoms with E-state index in [2.05, 4.69) is 59.8 Å². The van der Waals surface area contributed by atoms with Crippen LogP contribution in [-0.2, 0) is 12.5 Å². The van der Waals surface area contributed by atoms with Crippen molar-refractivity contribution in [2.45, 2.75) is 45.4 Å². The van der Waals surface area contributed by atoms with Gasteiger partial charge in [0, 0.05) is 18.3 Å². The zero-order valence-electron chi connectivity index (χ0n) is 14.2. The van der Waals surface area contributed by atoms with E-state index >= 15 is 0 Å². The number of rotatable bonds is 2. The van der Waals surface area contributed by atoms with E-state index in [0.29, 0.717) is 11.6 Å². The Balaban J connectivity index is 1.97. The fourth-order valence-electron chi connectivity index (χ4n) is 3.78. The highest BCUT2D eigenvalue weighted by molar-refractivity contribution is 14.1. The van der Waals surface area contributed by atoms with Gasteiger partial charge in [0.2, 0.25) is 0 Å². The van der Waals surface area contributed by atoms with E-state index in [0.717, 1.165) is 21.4 Å². The van der Waals surface area contributed by atoms with Gasteiger partial charge in [0.1, 0.15) is 3.70 Å². The summed E-state index contributed by atoms with van der Waals surface area (Å²) in [5, 5.41) is 7.43.